The highest BCUT2D eigenvalue weighted by molar-refractivity contribution is 7.80. The Morgan fingerprint density at radius 2 is 2.10 bits per heavy atom. The highest BCUT2D eigenvalue weighted by Crippen LogP contribution is 2.25. The van der Waals surface area contributed by atoms with Crippen molar-refractivity contribution in [2.45, 2.75) is 13.5 Å². The second-order valence-corrected chi connectivity index (χ2v) is 5.51. The molecule has 0 saturated carbocycles. The minimum absolute atomic E-state index is 0.390. The van der Waals surface area contributed by atoms with Gasteiger partial charge in [0.1, 0.15) is 10.1 Å². The third-order valence-corrected chi connectivity index (χ3v) is 3.94. The van der Waals surface area contributed by atoms with Gasteiger partial charge in [-0.15, -0.1) is 0 Å². The molecular formula is C14H17ClN4S. The van der Waals surface area contributed by atoms with Crippen molar-refractivity contribution in [1.29, 1.82) is 0 Å². The van der Waals surface area contributed by atoms with Crippen LogP contribution in [0, 0.1) is 6.92 Å². The summed E-state index contributed by atoms with van der Waals surface area (Å²) in [4.78, 5) is 2.46. The van der Waals surface area contributed by atoms with Gasteiger partial charge in [-0.05, 0) is 19.1 Å². The van der Waals surface area contributed by atoms with Crippen molar-refractivity contribution in [3.8, 4) is 0 Å². The third-order valence-electron chi connectivity index (χ3n) is 3.25. The first-order valence-corrected chi connectivity index (χ1v) is 6.98. The van der Waals surface area contributed by atoms with E-state index in [0.717, 1.165) is 22.5 Å². The molecule has 0 unspecified atom stereocenters. The smallest absolute Gasteiger partial charge is 0.131 e. The van der Waals surface area contributed by atoms with Crippen LogP contribution in [0.25, 0.3) is 0 Å². The van der Waals surface area contributed by atoms with E-state index in [1.165, 1.54) is 0 Å². The molecule has 20 heavy (non-hydrogen) atoms. The summed E-state index contributed by atoms with van der Waals surface area (Å²) >= 11 is 11.4. The Balaban J connectivity index is 2.33. The van der Waals surface area contributed by atoms with Crippen molar-refractivity contribution >= 4 is 34.5 Å². The normalized spacial score (nSPS) is 10.6. The van der Waals surface area contributed by atoms with Crippen LogP contribution in [-0.4, -0.2) is 21.8 Å². The minimum atomic E-state index is 0.390. The predicted octanol–water partition coefficient (Wildman–Crippen LogP) is 2.65. The first-order chi connectivity index (χ1) is 9.41. The molecule has 4 nitrogen and oxygen atoms in total. The van der Waals surface area contributed by atoms with E-state index in [1.54, 1.807) is 4.68 Å². The summed E-state index contributed by atoms with van der Waals surface area (Å²) in [6.45, 7) is 2.60. The van der Waals surface area contributed by atoms with Crippen molar-refractivity contribution < 1.29 is 0 Å². The molecule has 1 heterocycles. The fourth-order valence-corrected chi connectivity index (χ4v) is 2.60. The number of nitrogens with zero attached hydrogens (tertiary/aromatic N) is 3. The zero-order valence-electron chi connectivity index (χ0n) is 11.7. The number of hydrogen-bond donors (Lipinski definition) is 1. The number of thiocarbonyl (C=S) groups is 1. The van der Waals surface area contributed by atoms with Crippen molar-refractivity contribution in [2.24, 2.45) is 12.8 Å². The molecule has 106 valence electrons. The van der Waals surface area contributed by atoms with E-state index < -0.39 is 0 Å². The summed E-state index contributed by atoms with van der Waals surface area (Å²) in [5, 5.41) is 4.98. The van der Waals surface area contributed by atoms with Gasteiger partial charge in [0, 0.05) is 37.5 Å². The van der Waals surface area contributed by atoms with Crippen LogP contribution in [0.1, 0.15) is 16.8 Å². The SMILES string of the molecule is Cc1nn(C)c(Cl)c1CN(C)c1ccccc1C(N)=S. The maximum absolute atomic E-state index is 6.27. The van der Waals surface area contributed by atoms with E-state index >= 15 is 0 Å². The van der Waals surface area contributed by atoms with Gasteiger partial charge < -0.3 is 10.6 Å². The van der Waals surface area contributed by atoms with Crippen molar-refractivity contribution in [1.82, 2.24) is 9.78 Å². The molecule has 2 aromatic rings. The van der Waals surface area contributed by atoms with Crippen molar-refractivity contribution in [3.63, 3.8) is 0 Å². The molecule has 0 aliphatic carbocycles. The number of hydrogen-bond acceptors (Lipinski definition) is 3. The van der Waals surface area contributed by atoms with Gasteiger partial charge >= 0.3 is 0 Å². The molecule has 0 aliphatic rings. The summed E-state index contributed by atoms with van der Waals surface area (Å²) in [5.41, 5.74) is 9.56. The zero-order chi connectivity index (χ0) is 14.9. The van der Waals surface area contributed by atoms with E-state index in [-0.39, 0.29) is 0 Å². The number of aromatic nitrogens is 2. The lowest BCUT2D eigenvalue weighted by Crippen LogP contribution is -2.21. The van der Waals surface area contributed by atoms with Gasteiger partial charge in [-0.25, -0.2) is 0 Å². The monoisotopic (exact) mass is 308 g/mol. The first-order valence-electron chi connectivity index (χ1n) is 6.19. The number of halogens is 1. The number of rotatable bonds is 4. The van der Waals surface area contributed by atoms with Crippen molar-refractivity contribution in [3.05, 3.63) is 46.2 Å². The van der Waals surface area contributed by atoms with Gasteiger partial charge in [0.05, 0.1) is 5.69 Å². The molecule has 0 fully saturated rings. The van der Waals surface area contributed by atoms with Gasteiger partial charge in [0.25, 0.3) is 0 Å². The summed E-state index contributed by atoms with van der Waals surface area (Å²) in [7, 11) is 3.82. The molecular weight excluding hydrogens is 292 g/mol. The molecule has 1 aromatic carbocycles. The molecule has 0 saturated heterocycles. The molecule has 0 bridgehead atoms. The third kappa shape index (κ3) is 2.78. The zero-order valence-corrected chi connectivity index (χ0v) is 13.3. The average Bonchev–Trinajstić information content (AvgIpc) is 2.65. The topological polar surface area (TPSA) is 47.1 Å². The molecule has 0 radical (unpaired) electrons. The highest BCUT2D eigenvalue weighted by atomic mass is 35.5. The van der Waals surface area contributed by atoms with Crippen LogP contribution in [0.3, 0.4) is 0 Å². The number of anilines is 1. The van der Waals surface area contributed by atoms with Gasteiger partial charge in [-0.1, -0.05) is 36.0 Å². The van der Waals surface area contributed by atoms with Crippen LogP contribution >= 0.6 is 23.8 Å². The van der Waals surface area contributed by atoms with E-state index in [1.807, 2.05) is 45.3 Å². The molecule has 6 heteroatoms. The molecule has 0 atom stereocenters. The van der Waals surface area contributed by atoms with Crippen LogP contribution < -0.4 is 10.6 Å². The Kier molecular flexibility index (Phi) is 4.30. The Labute approximate surface area is 129 Å². The molecule has 0 spiro atoms. The second kappa shape index (κ2) is 5.81. The van der Waals surface area contributed by atoms with Gasteiger partial charge in [0.15, 0.2) is 0 Å². The Hall–Kier alpha value is -1.59. The number of aryl methyl sites for hydroxylation is 2. The maximum atomic E-state index is 6.27. The largest absolute Gasteiger partial charge is 0.389 e. The number of para-hydroxylation sites is 1. The van der Waals surface area contributed by atoms with Crippen LogP contribution in [0.2, 0.25) is 5.15 Å². The van der Waals surface area contributed by atoms with E-state index in [9.17, 15) is 0 Å². The summed E-state index contributed by atoms with van der Waals surface area (Å²) in [6.07, 6.45) is 0. The maximum Gasteiger partial charge on any atom is 0.131 e. The fourth-order valence-electron chi connectivity index (χ4n) is 2.19. The molecule has 2 rings (SSSR count). The molecule has 0 amide bonds. The standard InChI is InChI=1S/C14H17ClN4S/c1-9-11(13(15)19(3)17-9)8-18(2)12-7-5-4-6-10(12)14(16)20/h4-7H,8H2,1-3H3,(H2,16,20). The lowest BCUT2D eigenvalue weighted by Gasteiger charge is -2.22. The Morgan fingerprint density at radius 3 is 2.65 bits per heavy atom. The second-order valence-electron chi connectivity index (χ2n) is 4.72. The summed E-state index contributed by atoms with van der Waals surface area (Å²) in [5.74, 6) is 0. The lowest BCUT2D eigenvalue weighted by atomic mass is 10.1. The van der Waals surface area contributed by atoms with Crippen LogP contribution in [0.5, 0.6) is 0 Å². The fraction of sp³-hybridized carbons (Fsp3) is 0.286. The number of nitrogens with two attached hydrogens (primary N) is 1. The molecule has 1 aromatic heterocycles. The average molecular weight is 309 g/mol. The summed E-state index contributed by atoms with van der Waals surface area (Å²) in [6, 6.07) is 7.80. The van der Waals surface area contributed by atoms with E-state index in [4.69, 9.17) is 29.6 Å². The van der Waals surface area contributed by atoms with E-state index in [2.05, 4.69) is 10.00 Å². The quantitative estimate of drug-likeness (QED) is 0.882. The summed E-state index contributed by atoms with van der Waals surface area (Å²) < 4.78 is 1.68. The molecule has 0 aliphatic heterocycles. The first kappa shape index (κ1) is 14.8. The predicted molar refractivity (Wildman–Crippen MR) is 87.4 cm³/mol. The lowest BCUT2D eigenvalue weighted by molar-refractivity contribution is 0.757. The Bertz CT molecular complexity index is 651. The minimum Gasteiger partial charge on any atom is -0.389 e. The van der Waals surface area contributed by atoms with Gasteiger partial charge in [-0.2, -0.15) is 5.10 Å². The Morgan fingerprint density at radius 1 is 1.45 bits per heavy atom. The van der Waals surface area contributed by atoms with Gasteiger partial charge in [-0.3, -0.25) is 4.68 Å². The highest BCUT2D eigenvalue weighted by Gasteiger charge is 2.15. The van der Waals surface area contributed by atoms with Crippen LogP contribution in [0.15, 0.2) is 24.3 Å². The number of benzene rings is 1. The van der Waals surface area contributed by atoms with Crippen molar-refractivity contribution in [2.75, 3.05) is 11.9 Å². The van der Waals surface area contributed by atoms with Crippen LogP contribution in [0.4, 0.5) is 5.69 Å². The van der Waals surface area contributed by atoms with E-state index in [0.29, 0.717) is 16.7 Å². The molecule has 2 N–H and O–H groups in total. The van der Waals surface area contributed by atoms with Crippen LogP contribution in [-0.2, 0) is 13.6 Å². The van der Waals surface area contributed by atoms with Gasteiger partial charge in [0.2, 0.25) is 0 Å².